The summed E-state index contributed by atoms with van der Waals surface area (Å²) >= 11 is 0. The highest BCUT2D eigenvalue weighted by Gasteiger charge is 2.40. The molecule has 1 aromatic carbocycles. The molecule has 0 aromatic heterocycles. The van der Waals surface area contributed by atoms with Gasteiger partial charge in [0.15, 0.2) is 6.61 Å². The van der Waals surface area contributed by atoms with Gasteiger partial charge in [-0.1, -0.05) is 6.07 Å². The molecule has 0 spiro atoms. The van der Waals surface area contributed by atoms with E-state index in [1.165, 1.54) is 24.0 Å². The Bertz CT molecular complexity index is 607. The third kappa shape index (κ3) is 3.84. The zero-order valence-electron chi connectivity index (χ0n) is 13.3. The van der Waals surface area contributed by atoms with Gasteiger partial charge in [0.1, 0.15) is 5.75 Å². The van der Waals surface area contributed by atoms with E-state index in [9.17, 15) is 9.59 Å². The van der Waals surface area contributed by atoms with Crippen molar-refractivity contribution in [2.24, 2.45) is 0 Å². The summed E-state index contributed by atoms with van der Waals surface area (Å²) in [5.41, 5.74) is 2.13. The first-order valence-electron chi connectivity index (χ1n) is 8.34. The van der Waals surface area contributed by atoms with Gasteiger partial charge in [-0.2, -0.15) is 0 Å². The normalized spacial score (nSPS) is 18.4. The number of hydrogen-bond acceptors (Lipinski definition) is 3. The SMILES string of the molecule is O=C(O)CC1(NC(=O)COc2ccc3c(c2)CCCC3)CCC1. The van der Waals surface area contributed by atoms with Crippen LogP contribution in [0.1, 0.15) is 49.7 Å². The monoisotopic (exact) mass is 317 g/mol. The summed E-state index contributed by atoms with van der Waals surface area (Å²) < 4.78 is 5.59. The van der Waals surface area contributed by atoms with Gasteiger partial charge in [-0.3, -0.25) is 9.59 Å². The molecule has 2 aliphatic rings. The van der Waals surface area contributed by atoms with Gasteiger partial charge in [-0.15, -0.1) is 0 Å². The van der Waals surface area contributed by atoms with E-state index in [4.69, 9.17) is 9.84 Å². The molecule has 0 saturated heterocycles. The molecule has 2 aliphatic carbocycles. The summed E-state index contributed by atoms with van der Waals surface area (Å²) in [6, 6.07) is 6.02. The molecule has 3 rings (SSSR count). The summed E-state index contributed by atoms with van der Waals surface area (Å²) in [6.45, 7) is -0.0693. The molecular formula is C18H23NO4. The molecule has 0 radical (unpaired) electrons. The number of carbonyl (C=O) groups excluding carboxylic acids is 1. The number of carboxylic acid groups (broad SMARTS) is 1. The van der Waals surface area contributed by atoms with Gasteiger partial charge in [-0.25, -0.2) is 0 Å². The number of benzene rings is 1. The molecule has 1 saturated carbocycles. The van der Waals surface area contributed by atoms with Crippen LogP contribution in [-0.2, 0) is 22.4 Å². The number of ether oxygens (including phenoxy) is 1. The number of amides is 1. The van der Waals surface area contributed by atoms with Crippen LogP contribution in [0.5, 0.6) is 5.75 Å². The zero-order chi connectivity index (χ0) is 16.3. The maximum atomic E-state index is 12.1. The van der Waals surface area contributed by atoms with Crippen LogP contribution in [-0.4, -0.2) is 29.1 Å². The first kappa shape index (κ1) is 15.8. The highest BCUT2D eigenvalue weighted by atomic mass is 16.5. The Labute approximate surface area is 136 Å². The van der Waals surface area contributed by atoms with Gasteiger partial charge in [0.05, 0.1) is 12.0 Å². The maximum absolute atomic E-state index is 12.1. The van der Waals surface area contributed by atoms with Gasteiger partial charge in [0, 0.05) is 0 Å². The molecule has 0 heterocycles. The lowest BCUT2D eigenvalue weighted by Gasteiger charge is -2.41. The van der Waals surface area contributed by atoms with Gasteiger partial charge >= 0.3 is 5.97 Å². The molecule has 5 heteroatoms. The molecule has 1 fully saturated rings. The minimum absolute atomic E-state index is 0.0163. The largest absolute Gasteiger partial charge is 0.484 e. The fourth-order valence-corrected chi connectivity index (χ4v) is 3.52. The molecular weight excluding hydrogens is 294 g/mol. The maximum Gasteiger partial charge on any atom is 0.305 e. The van der Waals surface area contributed by atoms with Crippen molar-refractivity contribution < 1.29 is 19.4 Å². The Hall–Kier alpha value is -2.04. The van der Waals surface area contributed by atoms with E-state index >= 15 is 0 Å². The van der Waals surface area contributed by atoms with Gasteiger partial charge in [0.2, 0.25) is 0 Å². The van der Waals surface area contributed by atoms with Crippen molar-refractivity contribution in [2.45, 2.75) is 56.9 Å². The van der Waals surface area contributed by atoms with E-state index in [0.29, 0.717) is 5.75 Å². The lowest BCUT2D eigenvalue weighted by molar-refractivity contribution is -0.140. The van der Waals surface area contributed by atoms with Crippen LogP contribution in [0.15, 0.2) is 18.2 Å². The van der Waals surface area contributed by atoms with Gasteiger partial charge in [-0.05, 0) is 68.2 Å². The van der Waals surface area contributed by atoms with Crippen LogP contribution >= 0.6 is 0 Å². The standard InChI is InChI=1S/C18H23NO4/c20-16(19-18(8-3-9-18)11-17(21)22)12-23-15-7-6-13-4-1-2-5-14(13)10-15/h6-7,10H,1-5,8-9,11-12H2,(H,19,20)(H,21,22). The molecule has 1 amide bonds. The van der Waals surface area contributed by atoms with Crippen molar-refractivity contribution in [1.82, 2.24) is 5.32 Å². The third-order valence-corrected chi connectivity index (χ3v) is 4.89. The van der Waals surface area contributed by atoms with Crippen LogP contribution < -0.4 is 10.1 Å². The Morgan fingerprint density at radius 1 is 1.13 bits per heavy atom. The lowest BCUT2D eigenvalue weighted by atomic mass is 9.74. The minimum Gasteiger partial charge on any atom is -0.484 e. The second kappa shape index (κ2) is 6.60. The van der Waals surface area contributed by atoms with E-state index in [-0.39, 0.29) is 18.9 Å². The quantitative estimate of drug-likeness (QED) is 0.845. The number of fused-ring (bicyclic) bond motifs is 1. The van der Waals surface area contributed by atoms with Crippen molar-refractivity contribution >= 4 is 11.9 Å². The van der Waals surface area contributed by atoms with E-state index in [1.54, 1.807) is 0 Å². The van der Waals surface area contributed by atoms with Gasteiger partial charge in [0.25, 0.3) is 5.91 Å². The van der Waals surface area contributed by atoms with Crippen LogP contribution in [0.3, 0.4) is 0 Å². The molecule has 0 bridgehead atoms. The summed E-state index contributed by atoms with van der Waals surface area (Å²) in [5, 5.41) is 11.8. The smallest absolute Gasteiger partial charge is 0.305 e. The highest BCUT2D eigenvalue weighted by molar-refractivity contribution is 5.80. The van der Waals surface area contributed by atoms with Crippen LogP contribution in [0.2, 0.25) is 0 Å². The van der Waals surface area contributed by atoms with E-state index in [1.807, 2.05) is 12.1 Å². The fourth-order valence-electron chi connectivity index (χ4n) is 3.52. The fraction of sp³-hybridized carbons (Fsp3) is 0.556. The topological polar surface area (TPSA) is 75.6 Å². The Morgan fingerprint density at radius 2 is 1.87 bits per heavy atom. The molecule has 5 nitrogen and oxygen atoms in total. The highest BCUT2D eigenvalue weighted by Crippen LogP contribution is 2.34. The molecule has 2 N–H and O–H groups in total. The lowest BCUT2D eigenvalue weighted by Crippen LogP contribution is -2.55. The van der Waals surface area contributed by atoms with E-state index in [2.05, 4.69) is 11.4 Å². The number of carbonyl (C=O) groups is 2. The Morgan fingerprint density at radius 3 is 2.52 bits per heavy atom. The van der Waals surface area contributed by atoms with Crippen molar-refractivity contribution in [2.75, 3.05) is 6.61 Å². The Kier molecular flexibility index (Phi) is 4.55. The zero-order valence-corrected chi connectivity index (χ0v) is 13.3. The van der Waals surface area contributed by atoms with E-state index in [0.717, 1.165) is 32.1 Å². The molecule has 0 aliphatic heterocycles. The number of hydrogen-bond donors (Lipinski definition) is 2. The number of rotatable bonds is 6. The van der Waals surface area contributed by atoms with Crippen molar-refractivity contribution in [3.8, 4) is 5.75 Å². The van der Waals surface area contributed by atoms with Crippen LogP contribution in [0.25, 0.3) is 0 Å². The first-order chi connectivity index (χ1) is 11.1. The van der Waals surface area contributed by atoms with Crippen molar-refractivity contribution in [3.05, 3.63) is 29.3 Å². The third-order valence-electron chi connectivity index (χ3n) is 4.89. The Balaban J connectivity index is 1.53. The minimum atomic E-state index is -0.874. The first-order valence-corrected chi connectivity index (χ1v) is 8.34. The average Bonchev–Trinajstić information content (AvgIpc) is 2.50. The van der Waals surface area contributed by atoms with Crippen LogP contribution in [0.4, 0.5) is 0 Å². The van der Waals surface area contributed by atoms with Gasteiger partial charge < -0.3 is 15.2 Å². The molecule has 23 heavy (non-hydrogen) atoms. The average molecular weight is 317 g/mol. The second-order valence-corrected chi connectivity index (χ2v) is 6.68. The van der Waals surface area contributed by atoms with Crippen molar-refractivity contribution in [1.29, 1.82) is 0 Å². The summed E-state index contributed by atoms with van der Waals surface area (Å²) in [5.74, 6) is -0.411. The predicted octanol–water partition coefficient (Wildman–Crippen LogP) is 2.46. The van der Waals surface area contributed by atoms with Crippen molar-refractivity contribution in [3.63, 3.8) is 0 Å². The summed E-state index contributed by atoms with van der Waals surface area (Å²) in [6.07, 6.45) is 7.02. The number of nitrogens with one attached hydrogen (secondary N) is 1. The molecule has 0 unspecified atom stereocenters. The second-order valence-electron chi connectivity index (χ2n) is 6.68. The van der Waals surface area contributed by atoms with Crippen LogP contribution in [0, 0.1) is 0 Å². The van der Waals surface area contributed by atoms with E-state index < -0.39 is 11.5 Å². The molecule has 1 aromatic rings. The molecule has 0 atom stereocenters. The molecule has 124 valence electrons. The number of carboxylic acids is 1. The summed E-state index contributed by atoms with van der Waals surface area (Å²) in [7, 11) is 0. The number of aliphatic carboxylic acids is 1. The predicted molar refractivity (Wildman–Crippen MR) is 85.6 cm³/mol. The summed E-state index contributed by atoms with van der Waals surface area (Å²) in [4.78, 5) is 23.0. The number of aryl methyl sites for hydroxylation is 2.